The maximum absolute atomic E-state index is 14.1. The number of hydrogen-bond acceptors (Lipinski definition) is 6. The van der Waals surface area contributed by atoms with E-state index in [9.17, 15) is 18.4 Å². The van der Waals surface area contributed by atoms with Crippen molar-refractivity contribution >= 4 is 50.2 Å². The molecule has 0 atom stereocenters. The lowest BCUT2D eigenvalue weighted by Crippen LogP contribution is -2.28. The first-order valence-corrected chi connectivity index (χ1v) is 10.6. The molecule has 0 aliphatic heterocycles. The number of nitrogens with zero attached hydrogens (tertiary/aromatic N) is 3. The van der Waals surface area contributed by atoms with Crippen LogP contribution >= 0.6 is 22.7 Å². The molecular weight excluding hydrogens is 430 g/mol. The van der Waals surface area contributed by atoms with Crippen LogP contribution in [0.1, 0.15) is 0 Å². The smallest absolute Gasteiger partial charge is 0.263 e. The van der Waals surface area contributed by atoms with Gasteiger partial charge in [-0.05, 0) is 23.6 Å². The molecule has 0 aliphatic rings. The zero-order chi connectivity index (χ0) is 21.4. The fraction of sp³-hybridized carbons (Fsp3) is 0.150. The molecule has 0 fully saturated rings. The molecule has 3 heterocycles. The molecule has 0 bridgehead atoms. The zero-order valence-electron chi connectivity index (χ0n) is 16.0. The maximum atomic E-state index is 14.1. The van der Waals surface area contributed by atoms with E-state index >= 15 is 0 Å². The average molecular weight is 447 g/mol. The quantitative estimate of drug-likeness (QED) is 0.500. The van der Waals surface area contributed by atoms with Gasteiger partial charge in [-0.2, -0.15) is 0 Å². The van der Waals surface area contributed by atoms with Gasteiger partial charge in [0.2, 0.25) is 5.91 Å². The van der Waals surface area contributed by atoms with Gasteiger partial charge in [0.1, 0.15) is 17.1 Å². The van der Waals surface area contributed by atoms with Crippen molar-refractivity contribution in [1.82, 2.24) is 9.55 Å². The molecule has 0 aliphatic carbocycles. The number of anilines is 2. The molecule has 0 saturated heterocycles. The summed E-state index contributed by atoms with van der Waals surface area (Å²) >= 11 is 2.87. The van der Waals surface area contributed by atoms with Crippen molar-refractivity contribution in [3.8, 4) is 10.4 Å². The number of hydrogen-bond donors (Lipinski definition) is 1. The molecule has 1 N–H and O–H groups in total. The second-order valence-corrected chi connectivity index (χ2v) is 8.52. The predicted octanol–water partition coefficient (Wildman–Crippen LogP) is 4.17. The summed E-state index contributed by atoms with van der Waals surface area (Å²) in [5.41, 5.74) is 0.204. The van der Waals surface area contributed by atoms with E-state index in [4.69, 9.17) is 0 Å². The van der Waals surface area contributed by atoms with Gasteiger partial charge in [-0.3, -0.25) is 14.2 Å². The van der Waals surface area contributed by atoms with E-state index < -0.39 is 17.5 Å². The predicted molar refractivity (Wildman–Crippen MR) is 117 cm³/mol. The topological polar surface area (TPSA) is 67.2 Å². The molecule has 154 valence electrons. The van der Waals surface area contributed by atoms with Crippen molar-refractivity contribution in [3.63, 3.8) is 0 Å². The third kappa shape index (κ3) is 3.71. The van der Waals surface area contributed by atoms with Crippen LogP contribution in [0.15, 0.2) is 46.1 Å². The summed E-state index contributed by atoms with van der Waals surface area (Å²) < 4.78 is 29.4. The first-order chi connectivity index (χ1) is 14.3. The second-order valence-electron chi connectivity index (χ2n) is 6.72. The first kappa shape index (κ1) is 20.2. The number of halogens is 2. The summed E-state index contributed by atoms with van der Waals surface area (Å²) in [6, 6.07) is 5.88. The molecule has 3 aromatic heterocycles. The maximum Gasteiger partial charge on any atom is 0.263 e. The zero-order valence-corrected chi connectivity index (χ0v) is 17.6. The summed E-state index contributed by atoms with van der Waals surface area (Å²) in [5, 5.41) is 6.66. The monoisotopic (exact) mass is 446 g/mol. The molecule has 0 spiro atoms. The van der Waals surface area contributed by atoms with Crippen molar-refractivity contribution in [2.45, 2.75) is 6.54 Å². The molecule has 1 amide bonds. The number of nitrogens with one attached hydrogen (secondary N) is 1. The summed E-state index contributed by atoms with van der Waals surface area (Å²) in [6.45, 7) is -0.333. The number of benzene rings is 1. The fourth-order valence-corrected chi connectivity index (χ4v) is 4.83. The minimum atomic E-state index is -0.797. The van der Waals surface area contributed by atoms with Crippen LogP contribution in [0.3, 0.4) is 0 Å². The molecule has 4 rings (SSSR count). The SMILES string of the molecule is CN(C)c1c(F)cc(NC(=O)Cn2cnc3scc(-c4cccs4)c3c2=O)cc1F. The van der Waals surface area contributed by atoms with Gasteiger partial charge >= 0.3 is 0 Å². The van der Waals surface area contributed by atoms with Crippen LogP contribution in [0.4, 0.5) is 20.2 Å². The highest BCUT2D eigenvalue weighted by Crippen LogP contribution is 2.33. The van der Waals surface area contributed by atoms with Gasteiger partial charge in [0, 0.05) is 35.6 Å². The van der Waals surface area contributed by atoms with Gasteiger partial charge in [0.25, 0.3) is 5.56 Å². The highest BCUT2D eigenvalue weighted by Gasteiger charge is 2.17. The Morgan fingerprint density at radius 2 is 1.97 bits per heavy atom. The Kier molecular flexibility index (Phi) is 5.35. The molecule has 10 heteroatoms. The lowest BCUT2D eigenvalue weighted by molar-refractivity contribution is -0.116. The molecule has 0 saturated carbocycles. The summed E-state index contributed by atoms with van der Waals surface area (Å²) in [6.07, 6.45) is 1.30. The van der Waals surface area contributed by atoms with Gasteiger partial charge in [-0.1, -0.05) is 6.07 Å². The van der Waals surface area contributed by atoms with E-state index in [1.165, 1.54) is 52.6 Å². The van der Waals surface area contributed by atoms with E-state index in [0.717, 1.165) is 22.6 Å². The number of carbonyl (C=O) groups excluding carboxylic acids is 1. The lowest BCUT2D eigenvalue weighted by Gasteiger charge is -2.16. The lowest BCUT2D eigenvalue weighted by atomic mass is 10.2. The number of carbonyl (C=O) groups is 1. The Morgan fingerprint density at radius 3 is 2.60 bits per heavy atom. The van der Waals surface area contributed by atoms with Gasteiger partial charge in [0.05, 0.1) is 11.7 Å². The molecule has 4 aromatic rings. The Bertz CT molecular complexity index is 1270. The number of thiophene rings is 2. The van der Waals surface area contributed by atoms with Gasteiger partial charge in [-0.15, -0.1) is 22.7 Å². The minimum Gasteiger partial charge on any atom is -0.373 e. The van der Waals surface area contributed by atoms with E-state index in [0.29, 0.717) is 10.2 Å². The van der Waals surface area contributed by atoms with Crippen LogP contribution in [-0.4, -0.2) is 29.6 Å². The Morgan fingerprint density at radius 1 is 1.23 bits per heavy atom. The van der Waals surface area contributed by atoms with Crippen molar-refractivity contribution < 1.29 is 13.6 Å². The number of aromatic nitrogens is 2. The van der Waals surface area contributed by atoms with Crippen molar-refractivity contribution in [1.29, 1.82) is 0 Å². The van der Waals surface area contributed by atoms with E-state index in [1.54, 1.807) is 0 Å². The second kappa shape index (κ2) is 7.96. The van der Waals surface area contributed by atoms with E-state index in [-0.39, 0.29) is 23.5 Å². The fourth-order valence-electron chi connectivity index (χ4n) is 3.11. The average Bonchev–Trinajstić information content (AvgIpc) is 3.32. The van der Waals surface area contributed by atoms with Gasteiger partial charge in [0.15, 0.2) is 11.6 Å². The van der Waals surface area contributed by atoms with Crippen LogP contribution in [0.5, 0.6) is 0 Å². The number of fused-ring (bicyclic) bond motifs is 1. The first-order valence-electron chi connectivity index (χ1n) is 8.82. The number of amides is 1. The van der Waals surface area contributed by atoms with E-state index in [1.807, 2.05) is 22.9 Å². The Labute approximate surface area is 178 Å². The van der Waals surface area contributed by atoms with E-state index in [2.05, 4.69) is 10.3 Å². The molecule has 30 heavy (non-hydrogen) atoms. The van der Waals surface area contributed by atoms with Crippen molar-refractivity contribution in [2.24, 2.45) is 0 Å². The van der Waals surface area contributed by atoms with Crippen LogP contribution in [-0.2, 0) is 11.3 Å². The largest absolute Gasteiger partial charge is 0.373 e. The molecular formula is C20H16F2N4O2S2. The highest BCUT2D eigenvalue weighted by molar-refractivity contribution is 7.18. The van der Waals surface area contributed by atoms with Crippen LogP contribution in [0, 0.1) is 11.6 Å². The molecule has 0 unspecified atom stereocenters. The third-order valence-electron chi connectivity index (χ3n) is 4.41. The van der Waals surface area contributed by atoms with Gasteiger partial charge < -0.3 is 10.2 Å². The minimum absolute atomic E-state index is 0.0301. The van der Waals surface area contributed by atoms with Crippen molar-refractivity contribution in [3.05, 3.63) is 63.3 Å². The molecule has 1 aromatic carbocycles. The summed E-state index contributed by atoms with van der Waals surface area (Å²) in [7, 11) is 3.04. The molecule has 6 nitrogen and oxygen atoms in total. The number of rotatable bonds is 5. The van der Waals surface area contributed by atoms with Crippen LogP contribution < -0.4 is 15.8 Å². The van der Waals surface area contributed by atoms with Gasteiger partial charge in [-0.25, -0.2) is 13.8 Å². The third-order valence-corrected chi connectivity index (χ3v) is 6.20. The van der Waals surface area contributed by atoms with Crippen LogP contribution in [0.25, 0.3) is 20.7 Å². The Balaban J connectivity index is 1.60. The molecule has 0 radical (unpaired) electrons. The highest BCUT2D eigenvalue weighted by atomic mass is 32.1. The normalized spacial score (nSPS) is 11.1. The Hall–Kier alpha value is -3.11. The van der Waals surface area contributed by atoms with Crippen LogP contribution in [0.2, 0.25) is 0 Å². The summed E-state index contributed by atoms with van der Waals surface area (Å²) in [5.74, 6) is -2.19. The summed E-state index contributed by atoms with van der Waals surface area (Å²) in [4.78, 5) is 32.5. The van der Waals surface area contributed by atoms with Crippen molar-refractivity contribution in [2.75, 3.05) is 24.3 Å². The standard InChI is InChI=1S/C20H16F2N4O2S2/c1-25(2)18-13(21)6-11(7-14(18)22)24-16(27)8-26-10-23-19-17(20(26)28)12(9-30-19)15-4-3-5-29-15/h3-7,9-10H,8H2,1-2H3,(H,24,27).